The maximum absolute atomic E-state index is 4.20. The molecule has 0 fully saturated rings. The van der Waals surface area contributed by atoms with Crippen LogP contribution in [0.5, 0.6) is 0 Å². The largest absolute Gasteiger partial charge is 0.374 e. The summed E-state index contributed by atoms with van der Waals surface area (Å²) in [4.78, 5) is 2.25. The first-order valence-electron chi connectivity index (χ1n) is 9.64. The van der Waals surface area contributed by atoms with Crippen LogP contribution in [0.2, 0.25) is 0 Å². The Labute approximate surface area is 179 Å². The van der Waals surface area contributed by atoms with E-state index >= 15 is 0 Å². The van der Waals surface area contributed by atoms with Gasteiger partial charge in [0, 0.05) is 49.7 Å². The van der Waals surface area contributed by atoms with E-state index in [-0.39, 0.29) is 0 Å². The van der Waals surface area contributed by atoms with Crippen molar-refractivity contribution in [2.24, 2.45) is 0 Å². The monoisotopic (exact) mass is 411 g/mol. The molecule has 0 aliphatic carbocycles. The normalized spacial score (nSPS) is 11.8. The zero-order valence-corrected chi connectivity index (χ0v) is 18.8. The van der Waals surface area contributed by atoms with Gasteiger partial charge in [0.15, 0.2) is 18.4 Å². The Morgan fingerprint density at radius 2 is 1.89 bits per heavy atom. The van der Waals surface area contributed by atoms with Crippen molar-refractivity contribution in [2.75, 3.05) is 24.2 Å². The molecule has 1 aromatic carbocycles. The fraction of sp³-hybridized carbons (Fsp3) is 0.292. The van der Waals surface area contributed by atoms with Crippen molar-refractivity contribution in [3.63, 3.8) is 0 Å². The molecule has 2 aromatic rings. The van der Waals surface area contributed by atoms with E-state index in [0.717, 1.165) is 25.3 Å². The van der Waals surface area contributed by atoms with Gasteiger partial charge in [-0.1, -0.05) is 60.7 Å². The van der Waals surface area contributed by atoms with Gasteiger partial charge in [0.1, 0.15) is 0 Å². The molecule has 0 spiro atoms. The van der Waals surface area contributed by atoms with Crippen LogP contribution in [0.4, 0.5) is 5.69 Å². The first-order chi connectivity index (χ1) is 13.6. The fourth-order valence-corrected chi connectivity index (χ4v) is 3.56. The van der Waals surface area contributed by atoms with Gasteiger partial charge in [-0.3, -0.25) is 0 Å². The van der Waals surface area contributed by atoms with E-state index in [0.29, 0.717) is 0 Å². The minimum Gasteiger partial charge on any atom is -0.374 e. The molecular formula is C24H31N2S2+. The molecule has 0 N–H and O–H groups in total. The van der Waals surface area contributed by atoms with Gasteiger partial charge in [-0.25, -0.2) is 0 Å². The Hall–Kier alpha value is -1.91. The van der Waals surface area contributed by atoms with Crippen LogP contribution in [0, 0.1) is 6.92 Å². The van der Waals surface area contributed by atoms with Crippen LogP contribution >= 0.6 is 22.5 Å². The van der Waals surface area contributed by atoms with Gasteiger partial charge in [0.25, 0.3) is 0 Å². The molecule has 0 bridgehead atoms. The molecule has 0 radical (unpaired) electrons. The molecule has 0 saturated carbocycles. The Kier molecular flexibility index (Phi) is 9.45. The fourth-order valence-electron chi connectivity index (χ4n) is 2.96. The molecule has 0 aliphatic heterocycles. The van der Waals surface area contributed by atoms with Crippen molar-refractivity contribution in [3.05, 3.63) is 83.7 Å². The van der Waals surface area contributed by atoms with Gasteiger partial charge in [-0.2, -0.15) is 4.57 Å². The second-order valence-electron chi connectivity index (χ2n) is 6.80. The first kappa shape index (κ1) is 22.4. The van der Waals surface area contributed by atoms with E-state index in [9.17, 15) is 0 Å². The summed E-state index contributed by atoms with van der Waals surface area (Å²) in [6.45, 7) is 10.1. The number of anilines is 1. The quantitative estimate of drug-likeness (QED) is 0.222. The third-order valence-electron chi connectivity index (χ3n) is 4.68. The summed E-state index contributed by atoms with van der Waals surface area (Å²) < 4.78 is 2.26. The summed E-state index contributed by atoms with van der Waals surface area (Å²) in [7, 11) is 3.69. The molecule has 0 amide bonds. The average Bonchev–Trinajstić information content (AvgIpc) is 2.72. The summed E-state index contributed by atoms with van der Waals surface area (Å²) in [5, 5.41) is 0. The van der Waals surface area contributed by atoms with Crippen molar-refractivity contribution in [2.45, 2.75) is 26.8 Å². The average molecular weight is 412 g/mol. The molecule has 0 aliphatic rings. The summed E-state index contributed by atoms with van der Waals surface area (Å²) in [5.41, 5.74) is 6.14. The topological polar surface area (TPSA) is 7.12 Å². The third-order valence-corrected chi connectivity index (χ3v) is 5.59. The lowest BCUT2D eigenvalue weighted by Gasteiger charge is -2.18. The molecule has 1 heterocycles. The van der Waals surface area contributed by atoms with Gasteiger partial charge in [0.05, 0.1) is 0 Å². The number of hydrogen-bond donors (Lipinski definition) is 1. The van der Waals surface area contributed by atoms with Crippen molar-refractivity contribution >= 4 is 40.3 Å². The molecule has 2 rings (SSSR count). The molecule has 0 saturated heterocycles. The minimum atomic E-state index is 0.869. The van der Waals surface area contributed by atoms with Gasteiger partial charge < -0.3 is 4.90 Å². The lowest BCUT2D eigenvalue weighted by atomic mass is 10.1. The Bertz CT molecular complexity index is 823. The Morgan fingerprint density at radius 3 is 2.50 bits per heavy atom. The molecule has 4 heteroatoms. The number of nitrogens with zero attached hydrogens (tertiary/aromatic N) is 2. The molecule has 2 nitrogen and oxygen atoms in total. The van der Waals surface area contributed by atoms with Crippen LogP contribution in [-0.4, -0.2) is 19.3 Å². The number of pyridine rings is 1. The smallest absolute Gasteiger partial charge is 0.179 e. The molecule has 148 valence electrons. The maximum atomic E-state index is 4.20. The zero-order chi connectivity index (χ0) is 20.4. The van der Waals surface area contributed by atoms with Crippen LogP contribution in [0.25, 0.3) is 12.2 Å². The van der Waals surface area contributed by atoms with Crippen molar-refractivity contribution in [3.8, 4) is 0 Å². The van der Waals surface area contributed by atoms with Crippen molar-refractivity contribution < 1.29 is 4.57 Å². The molecule has 0 atom stereocenters. The van der Waals surface area contributed by atoms with Crippen LogP contribution in [0.1, 0.15) is 30.2 Å². The highest BCUT2D eigenvalue weighted by Gasteiger charge is 2.08. The van der Waals surface area contributed by atoms with Crippen LogP contribution in [0.3, 0.4) is 0 Å². The van der Waals surface area contributed by atoms with E-state index in [1.54, 1.807) is 10.8 Å². The number of aryl methyl sites for hydroxylation is 1. The number of benzene rings is 1. The van der Waals surface area contributed by atoms with E-state index in [4.69, 9.17) is 0 Å². The Morgan fingerprint density at radius 1 is 1.18 bits per heavy atom. The number of thiol groups is 1. The second kappa shape index (κ2) is 11.8. The highest BCUT2D eigenvalue weighted by Crippen LogP contribution is 2.17. The highest BCUT2D eigenvalue weighted by atomic mass is 33.1. The van der Waals surface area contributed by atoms with Crippen LogP contribution in [-0.2, 0) is 6.54 Å². The predicted molar refractivity (Wildman–Crippen MR) is 130 cm³/mol. The van der Waals surface area contributed by atoms with E-state index in [2.05, 4.69) is 109 Å². The highest BCUT2D eigenvalue weighted by molar-refractivity contribution is 8.68. The summed E-state index contributed by atoms with van der Waals surface area (Å²) in [6.07, 6.45) is 11.7. The van der Waals surface area contributed by atoms with E-state index in [1.165, 1.54) is 28.1 Å². The summed E-state index contributed by atoms with van der Waals surface area (Å²) in [5.74, 6) is 1.01. The molecule has 1 aromatic heterocycles. The first-order valence-corrected chi connectivity index (χ1v) is 11.7. The molecule has 28 heavy (non-hydrogen) atoms. The Balaban J connectivity index is 2.05. The van der Waals surface area contributed by atoms with Gasteiger partial charge in [-0.15, -0.1) is 11.7 Å². The van der Waals surface area contributed by atoms with Crippen molar-refractivity contribution in [1.29, 1.82) is 0 Å². The third kappa shape index (κ3) is 6.92. The number of rotatable bonds is 10. The summed E-state index contributed by atoms with van der Waals surface area (Å²) >= 11 is 4.20. The van der Waals surface area contributed by atoms with Gasteiger partial charge >= 0.3 is 0 Å². The second-order valence-corrected chi connectivity index (χ2v) is 8.24. The lowest BCUT2D eigenvalue weighted by molar-refractivity contribution is -0.694. The number of aromatic nitrogens is 1. The molecular weight excluding hydrogens is 380 g/mol. The maximum Gasteiger partial charge on any atom is 0.179 e. The summed E-state index contributed by atoms with van der Waals surface area (Å²) in [6, 6.07) is 13.1. The van der Waals surface area contributed by atoms with Crippen molar-refractivity contribution in [1.82, 2.24) is 0 Å². The molecule has 0 unspecified atom stereocenters. The predicted octanol–water partition coefficient (Wildman–Crippen LogP) is 5.99. The van der Waals surface area contributed by atoms with Crippen LogP contribution in [0.15, 0.2) is 66.9 Å². The van der Waals surface area contributed by atoms with Gasteiger partial charge in [0.2, 0.25) is 0 Å². The standard InChI is InChI=1S/C24H30N2S2/c1-5-7-21(6-2)19-26-15-14-23(18-20(26)3)9-8-22-10-12-24(13-11-22)25(4)16-17-28-27/h6-15,18H,2,5,16-17,19H2,1,3-4H3/p+1/b21-7+. The van der Waals surface area contributed by atoms with E-state index < -0.39 is 0 Å². The van der Waals surface area contributed by atoms with Crippen LogP contribution < -0.4 is 9.47 Å². The number of allylic oxidation sites excluding steroid dienone is 3. The minimum absolute atomic E-state index is 0.869. The van der Waals surface area contributed by atoms with Gasteiger partial charge in [-0.05, 0) is 29.7 Å². The SMILES string of the molecule is C=C/C(=C\CC)C[n+]1ccc(/C=C/c2ccc(N(C)CCSS)cc2)cc1C. The number of hydrogen-bond acceptors (Lipinski definition) is 3. The van der Waals surface area contributed by atoms with E-state index in [1.807, 2.05) is 6.08 Å². The lowest BCUT2D eigenvalue weighted by Crippen LogP contribution is -2.37. The zero-order valence-electron chi connectivity index (χ0n) is 17.1.